The third-order valence-corrected chi connectivity index (χ3v) is 11.4. The number of fused-ring (bicyclic) bond motifs is 3. The van der Waals surface area contributed by atoms with Crippen molar-refractivity contribution in [1.82, 2.24) is 0 Å². The molecule has 3 fully saturated rings. The molecule has 1 saturated heterocycles. The molecule has 0 aromatic rings. The molecule has 0 radical (unpaired) electrons. The smallest absolute Gasteiger partial charge is 0.334 e. The molecule has 2 aliphatic heterocycles. The van der Waals surface area contributed by atoms with Gasteiger partial charge in [0.05, 0.1) is 11.0 Å². The Morgan fingerprint density at radius 3 is 2.55 bits per heavy atom. The summed E-state index contributed by atoms with van der Waals surface area (Å²) in [6.45, 7) is 10.1. The third-order valence-electron chi connectivity index (χ3n) is 11.4. The molecule has 5 heteroatoms. The maximum absolute atomic E-state index is 13.3. The Labute approximate surface area is 196 Å². The number of allylic oxidation sites excluding steroid dienone is 4. The molecule has 5 nitrogen and oxygen atoms in total. The minimum atomic E-state index is -1.08. The second-order valence-electron chi connectivity index (χ2n) is 12.2. The van der Waals surface area contributed by atoms with Gasteiger partial charge in [-0.15, -0.1) is 0 Å². The van der Waals surface area contributed by atoms with E-state index in [-0.39, 0.29) is 17.8 Å². The van der Waals surface area contributed by atoms with E-state index in [4.69, 9.17) is 9.47 Å². The average Bonchev–Trinajstić information content (AvgIpc) is 3.10. The van der Waals surface area contributed by atoms with Crippen LogP contribution in [0.1, 0.15) is 79.6 Å². The van der Waals surface area contributed by atoms with Gasteiger partial charge in [-0.2, -0.15) is 0 Å². The number of hydrogen-bond acceptors (Lipinski definition) is 5. The number of esters is 1. The number of ether oxygens (including phenoxy) is 2. The zero-order chi connectivity index (χ0) is 23.6. The number of cyclic esters (lactones) is 1. The normalized spacial score (nSPS) is 52.8. The lowest BCUT2D eigenvalue weighted by molar-refractivity contribution is -0.247. The molecule has 2 saturated carbocycles. The minimum Gasteiger partial charge on any atom is -0.455 e. The number of rotatable bonds is 1. The Bertz CT molecular complexity index is 1070. The van der Waals surface area contributed by atoms with Gasteiger partial charge in [-0.25, -0.2) is 4.79 Å². The van der Waals surface area contributed by atoms with Gasteiger partial charge in [0.2, 0.25) is 0 Å². The zero-order valence-electron chi connectivity index (χ0n) is 20.5. The van der Waals surface area contributed by atoms with E-state index < -0.39 is 33.7 Å². The van der Waals surface area contributed by atoms with Crippen LogP contribution in [0.4, 0.5) is 0 Å². The molecule has 178 valence electrons. The summed E-state index contributed by atoms with van der Waals surface area (Å²) >= 11 is 0. The van der Waals surface area contributed by atoms with Crippen LogP contribution in [0.15, 0.2) is 34.9 Å². The molecule has 1 N–H and O–H groups in total. The van der Waals surface area contributed by atoms with E-state index in [1.165, 1.54) is 0 Å². The highest BCUT2D eigenvalue weighted by atomic mass is 16.6. The largest absolute Gasteiger partial charge is 0.455 e. The summed E-state index contributed by atoms with van der Waals surface area (Å²) in [5, 5.41) is 12.4. The molecule has 2 heterocycles. The number of hydrogen-bond donors (Lipinski definition) is 1. The van der Waals surface area contributed by atoms with E-state index in [0.29, 0.717) is 30.6 Å². The fraction of sp³-hybridized carbons (Fsp3) is 0.714. The van der Waals surface area contributed by atoms with Crippen molar-refractivity contribution in [2.24, 2.45) is 22.7 Å². The third kappa shape index (κ3) is 2.18. The van der Waals surface area contributed by atoms with E-state index >= 15 is 0 Å². The van der Waals surface area contributed by atoms with Gasteiger partial charge in [0.1, 0.15) is 23.1 Å². The lowest BCUT2D eigenvalue weighted by atomic mass is 9.46. The van der Waals surface area contributed by atoms with Gasteiger partial charge in [0.15, 0.2) is 0 Å². The first-order valence-electron chi connectivity index (χ1n) is 12.6. The molecule has 0 aromatic heterocycles. The first kappa shape index (κ1) is 21.8. The molecule has 4 aliphatic carbocycles. The molecule has 0 spiro atoms. The molecular formula is C28H36O5. The maximum atomic E-state index is 13.3. The van der Waals surface area contributed by atoms with Crippen LogP contribution < -0.4 is 0 Å². The molecule has 8 atom stereocenters. The fourth-order valence-electron chi connectivity index (χ4n) is 9.09. The van der Waals surface area contributed by atoms with Crippen LogP contribution >= 0.6 is 0 Å². The number of Topliss-reactive ketones (excluding diaryl/α,β-unsaturated/α-hetero) is 1. The second kappa shape index (κ2) is 6.28. The van der Waals surface area contributed by atoms with E-state index in [1.54, 1.807) is 6.92 Å². The lowest BCUT2D eigenvalue weighted by Gasteiger charge is -2.59. The summed E-state index contributed by atoms with van der Waals surface area (Å²) in [6.07, 6.45) is 11.0. The highest BCUT2D eigenvalue weighted by molar-refractivity contribution is 5.92. The van der Waals surface area contributed by atoms with Gasteiger partial charge in [0, 0.05) is 23.8 Å². The monoisotopic (exact) mass is 452 g/mol. The average molecular weight is 453 g/mol. The van der Waals surface area contributed by atoms with Gasteiger partial charge in [-0.3, -0.25) is 4.79 Å². The fourth-order valence-corrected chi connectivity index (χ4v) is 9.09. The molecule has 6 aliphatic rings. The van der Waals surface area contributed by atoms with Crippen molar-refractivity contribution in [3.8, 4) is 0 Å². The topological polar surface area (TPSA) is 72.8 Å². The van der Waals surface area contributed by atoms with Crippen molar-refractivity contribution < 1.29 is 24.2 Å². The van der Waals surface area contributed by atoms with E-state index in [9.17, 15) is 14.7 Å². The Morgan fingerprint density at radius 2 is 1.82 bits per heavy atom. The van der Waals surface area contributed by atoms with Crippen LogP contribution in [0, 0.1) is 22.7 Å². The van der Waals surface area contributed by atoms with Crippen molar-refractivity contribution in [2.45, 2.75) is 102 Å². The van der Waals surface area contributed by atoms with Crippen molar-refractivity contribution in [2.75, 3.05) is 0 Å². The number of aliphatic hydroxyl groups is 1. The van der Waals surface area contributed by atoms with Crippen molar-refractivity contribution >= 4 is 11.8 Å². The van der Waals surface area contributed by atoms with Crippen LogP contribution in [-0.4, -0.2) is 39.8 Å². The van der Waals surface area contributed by atoms with Crippen molar-refractivity contribution in [3.05, 3.63) is 34.9 Å². The Kier molecular flexibility index (Phi) is 4.15. The van der Waals surface area contributed by atoms with E-state index in [1.807, 2.05) is 19.9 Å². The summed E-state index contributed by atoms with van der Waals surface area (Å²) in [5.74, 6) is 0.359. The van der Waals surface area contributed by atoms with Crippen LogP contribution in [-0.2, 0) is 19.1 Å². The van der Waals surface area contributed by atoms with Gasteiger partial charge in [-0.1, -0.05) is 30.7 Å². The Hall–Kier alpha value is -1.72. The maximum Gasteiger partial charge on any atom is 0.334 e. The lowest BCUT2D eigenvalue weighted by Crippen LogP contribution is -2.63. The summed E-state index contributed by atoms with van der Waals surface area (Å²) in [6, 6.07) is 0. The summed E-state index contributed by atoms with van der Waals surface area (Å²) in [4.78, 5) is 25.9. The molecule has 2 bridgehead atoms. The molecular weight excluding hydrogens is 416 g/mol. The first-order valence-corrected chi connectivity index (χ1v) is 12.6. The highest BCUT2D eigenvalue weighted by Gasteiger charge is 2.84. The van der Waals surface area contributed by atoms with Crippen molar-refractivity contribution in [1.29, 1.82) is 0 Å². The number of carbonyl (C=O) groups excluding carboxylic acids is 2. The number of ketones is 1. The van der Waals surface area contributed by atoms with Gasteiger partial charge in [-0.05, 0) is 77.2 Å². The van der Waals surface area contributed by atoms with Gasteiger partial charge in [0.25, 0.3) is 0 Å². The highest BCUT2D eigenvalue weighted by Crippen LogP contribution is 2.77. The SMILES string of the molecule is CC1=C(C)C(=O)O[C@@H]([C@@]2(C)O[C@@]34CC[C@]2(O)[C@@]3(C)CC[C@H]2[C@H]4CC=C3C=CCC(=O)[C@@]32C)C1. The number of carbonyl (C=O) groups is 2. The van der Waals surface area contributed by atoms with Gasteiger partial charge >= 0.3 is 5.97 Å². The molecule has 0 unspecified atom stereocenters. The van der Waals surface area contributed by atoms with E-state index in [2.05, 4.69) is 26.0 Å². The molecule has 6 rings (SSSR count). The molecule has 0 aromatic carbocycles. The Morgan fingerprint density at radius 1 is 1.06 bits per heavy atom. The predicted molar refractivity (Wildman–Crippen MR) is 123 cm³/mol. The molecule has 33 heavy (non-hydrogen) atoms. The zero-order valence-corrected chi connectivity index (χ0v) is 20.5. The standard InChI is InChI=1S/C28H36O5/c1-16-15-22(32-23(30)17(16)2)26(5)28(31)14-13-27(33-26)20-10-9-18-7-6-8-21(29)25(18,4)19(20)11-12-24(27,28)3/h6-7,9,19-20,22,31H,8,10-15H2,1-5H3/t19-,20+,22+,24-,25-,26+,27+,28-/m0/s1. The van der Waals surface area contributed by atoms with Crippen LogP contribution in [0.25, 0.3) is 0 Å². The summed E-state index contributed by atoms with van der Waals surface area (Å²) < 4.78 is 13.1. The Balaban J connectivity index is 1.46. The quantitative estimate of drug-likeness (QED) is 0.589. The minimum absolute atomic E-state index is 0.161. The van der Waals surface area contributed by atoms with E-state index in [0.717, 1.165) is 36.8 Å². The molecule has 0 amide bonds. The summed E-state index contributed by atoms with van der Waals surface area (Å²) in [5.41, 5.74) is -0.681. The van der Waals surface area contributed by atoms with Crippen LogP contribution in [0.5, 0.6) is 0 Å². The predicted octanol–water partition coefficient (Wildman–Crippen LogP) is 4.59. The second-order valence-corrected chi connectivity index (χ2v) is 12.2. The summed E-state index contributed by atoms with van der Waals surface area (Å²) in [7, 11) is 0. The van der Waals surface area contributed by atoms with Crippen molar-refractivity contribution in [3.63, 3.8) is 0 Å². The van der Waals surface area contributed by atoms with Gasteiger partial charge < -0.3 is 14.6 Å². The van der Waals surface area contributed by atoms with Crippen LogP contribution in [0.2, 0.25) is 0 Å². The van der Waals surface area contributed by atoms with Crippen LogP contribution in [0.3, 0.4) is 0 Å². The first-order chi connectivity index (χ1) is 15.4.